The van der Waals surface area contributed by atoms with E-state index in [1.807, 2.05) is 6.92 Å². The molecule has 2 nitrogen and oxygen atoms in total. The highest BCUT2D eigenvalue weighted by Gasteiger charge is 2.43. The van der Waals surface area contributed by atoms with Crippen LogP contribution in [0.2, 0.25) is 0 Å². The van der Waals surface area contributed by atoms with Crippen molar-refractivity contribution >= 4 is 0 Å². The topological polar surface area (TPSA) is 29.5 Å². The van der Waals surface area contributed by atoms with Gasteiger partial charge in [0.05, 0.1) is 5.56 Å². The van der Waals surface area contributed by atoms with Crippen molar-refractivity contribution in [1.82, 2.24) is 0 Å². The maximum absolute atomic E-state index is 15.4. The van der Waals surface area contributed by atoms with E-state index >= 15 is 13.2 Å². The summed E-state index contributed by atoms with van der Waals surface area (Å²) in [6.07, 6.45) is 3.93. The van der Waals surface area contributed by atoms with Crippen molar-refractivity contribution in [3.05, 3.63) is 82.4 Å². The molecule has 3 aromatic rings. The SMILES string of the molecule is CCCCCCc1ccc(OC(F)(F)c2c(F)cc(O)c(-c3ccc(CCCCCC)c(F)c3F)c2F)cc1. The van der Waals surface area contributed by atoms with Gasteiger partial charge in [-0.05, 0) is 48.9 Å². The zero-order valence-corrected chi connectivity index (χ0v) is 22.2. The molecule has 0 radical (unpaired) electrons. The van der Waals surface area contributed by atoms with Crippen molar-refractivity contribution in [2.45, 2.75) is 84.2 Å². The predicted octanol–water partition coefficient (Wildman–Crippen LogP) is 9.99. The van der Waals surface area contributed by atoms with Crippen molar-refractivity contribution in [2.75, 3.05) is 0 Å². The Bertz CT molecular complexity index is 1240. The highest BCUT2D eigenvalue weighted by atomic mass is 19.3. The van der Waals surface area contributed by atoms with Crippen LogP contribution in [0.3, 0.4) is 0 Å². The second-order valence-electron chi connectivity index (χ2n) is 9.73. The van der Waals surface area contributed by atoms with Gasteiger partial charge in [-0.3, -0.25) is 0 Å². The minimum atomic E-state index is -4.52. The first-order valence-electron chi connectivity index (χ1n) is 13.4. The number of hydrogen-bond donors (Lipinski definition) is 1. The largest absolute Gasteiger partial charge is 0.507 e. The maximum Gasteiger partial charge on any atom is 0.432 e. The van der Waals surface area contributed by atoms with E-state index in [0.717, 1.165) is 63.0 Å². The van der Waals surface area contributed by atoms with Gasteiger partial charge in [-0.2, -0.15) is 8.78 Å². The van der Waals surface area contributed by atoms with Crippen molar-refractivity contribution in [2.24, 2.45) is 0 Å². The van der Waals surface area contributed by atoms with Gasteiger partial charge in [0.1, 0.15) is 22.9 Å². The Morgan fingerprint density at radius 1 is 0.718 bits per heavy atom. The summed E-state index contributed by atoms with van der Waals surface area (Å²) in [6.45, 7) is 4.10. The number of benzene rings is 3. The minimum Gasteiger partial charge on any atom is -0.507 e. The summed E-state index contributed by atoms with van der Waals surface area (Å²) < 4.78 is 94.5. The molecule has 0 aromatic heterocycles. The maximum atomic E-state index is 15.4. The van der Waals surface area contributed by atoms with Crippen LogP contribution in [0, 0.1) is 23.3 Å². The van der Waals surface area contributed by atoms with E-state index in [0.29, 0.717) is 6.42 Å². The average molecular weight is 553 g/mol. The fraction of sp³-hybridized carbons (Fsp3) is 0.419. The van der Waals surface area contributed by atoms with Gasteiger partial charge in [0.25, 0.3) is 0 Å². The van der Waals surface area contributed by atoms with E-state index in [4.69, 9.17) is 0 Å². The van der Waals surface area contributed by atoms with Crippen molar-refractivity contribution in [1.29, 1.82) is 0 Å². The fourth-order valence-electron chi connectivity index (χ4n) is 4.53. The summed E-state index contributed by atoms with van der Waals surface area (Å²) >= 11 is 0. The molecule has 39 heavy (non-hydrogen) atoms. The van der Waals surface area contributed by atoms with E-state index in [2.05, 4.69) is 11.7 Å². The lowest BCUT2D eigenvalue weighted by molar-refractivity contribution is -0.189. The Morgan fingerprint density at radius 3 is 1.95 bits per heavy atom. The zero-order chi connectivity index (χ0) is 28.6. The molecule has 0 aliphatic carbocycles. The van der Waals surface area contributed by atoms with Gasteiger partial charge in [-0.1, -0.05) is 76.6 Å². The standard InChI is InChI=1S/C31H34F6O2/c1-3-5-7-9-11-20-13-16-22(17-14-20)39-31(36,37)27-24(32)19-25(38)26(30(27)35)23-18-15-21(28(33)29(23)34)12-10-8-6-4-2/h13-19,38H,3-12H2,1-2H3. The summed E-state index contributed by atoms with van der Waals surface area (Å²) in [5.41, 5.74) is -2.76. The van der Waals surface area contributed by atoms with Gasteiger partial charge in [-0.25, -0.2) is 17.6 Å². The van der Waals surface area contributed by atoms with Crippen LogP contribution in [0.5, 0.6) is 11.5 Å². The molecule has 0 fully saturated rings. The van der Waals surface area contributed by atoms with E-state index in [1.165, 1.54) is 18.2 Å². The van der Waals surface area contributed by atoms with Crippen LogP contribution in [0.15, 0.2) is 42.5 Å². The monoisotopic (exact) mass is 552 g/mol. The van der Waals surface area contributed by atoms with E-state index in [1.54, 1.807) is 12.1 Å². The number of ether oxygens (including phenoxy) is 1. The number of phenols is 1. The average Bonchev–Trinajstić information content (AvgIpc) is 2.88. The normalized spacial score (nSPS) is 11.7. The second-order valence-corrected chi connectivity index (χ2v) is 9.73. The highest BCUT2D eigenvalue weighted by molar-refractivity contribution is 5.73. The molecule has 0 heterocycles. The number of aromatic hydroxyl groups is 1. The van der Waals surface area contributed by atoms with Crippen LogP contribution in [-0.2, 0) is 19.0 Å². The first kappa shape index (κ1) is 30.4. The quantitative estimate of drug-likeness (QED) is 0.159. The third-order valence-electron chi connectivity index (χ3n) is 6.71. The van der Waals surface area contributed by atoms with Gasteiger partial charge in [0.2, 0.25) is 0 Å². The van der Waals surface area contributed by atoms with Gasteiger partial charge in [0, 0.05) is 11.6 Å². The molecule has 0 atom stereocenters. The fourth-order valence-corrected chi connectivity index (χ4v) is 4.53. The van der Waals surface area contributed by atoms with Crippen LogP contribution in [0.25, 0.3) is 11.1 Å². The van der Waals surface area contributed by atoms with Crippen LogP contribution >= 0.6 is 0 Å². The minimum absolute atomic E-state index is 0.0389. The van der Waals surface area contributed by atoms with E-state index in [-0.39, 0.29) is 23.8 Å². The number of alkyl halides is 2. The summed E-state index contributed by atoms with van der Waals surface area (Å²) in [5.74, 6) is -8.01. The van der Waals surface area contributed by atoms with E-state index < -0.39 is 51.8 Å². The Kier molecular flexibility index (Phi) is 10.7. The Hall–Kier alpha value is -3.16. The molecule has 8 heteroatoms. The molecule has 212 valence electrons. The van der Waals surface area contributed by atoms with Crippen LogP contribution in [0.4, 0.5) is 26.3 Å². The number of halogens is 6. The summed E-state index contributed by atoms with van der Waals surface area (Å²) in [6, 6.07) is 8.16. The van der Waals surface area contributed by atoms with Crippen LogP contribution < -0.4 is 4.74 Å². The third-order valence-corrected chi connectivity index (χ3v) is 6.71. The van der Waals surface area contributed by atoms with Crippen molar-refractivity contribution in [3.63, 3.8) is 0 Å². The predicted molar refractivity (Wildman–Crippen MR) is 140 cm³/mol. The van der Waals surface area contributed by atoms with Crippen molar-refractivity contribution in [3.8, 4) is 22.6 Å². The lowest BCUT2D eigenvalue weighted by atomic mass is 9.96. The third kappa shape index (κ3) is 7.49. The number of rotatable bonds is 14. The Balaban J connectivity index is 1.89. The van der Waals surface area contributed by atoms with Crippen LogP contribution in [0.1, 0.15) is 81.9 Å². The van der Waals surface area contributed by atoms with Gasteiger partial charge < -0.3 is 9.84 Å². The molecule has 3 aromatic carbocycles. The summed E-state index contributed by atoms with van der Waals surface area (Å²) in [7, 11) is 0. The molecule has 0 aliphatic heterocycles. The number of unbranched alkanes of at least 4 members (excludes halogenated alkanes) is 6. The molecule has 3 rings (SSSR count). The molecule has 0 aliphatic rings. The van der Waals surface area contributed by atoms with Gasteiger partial charge in [0.15, 0.2) is 17.5 Å². The van der Waals surface area contributed by atoms with Crippen LogP contribution in [-0.4, -0.2) is 5.11 Å². The zero-order valence-electron chi connectivity index (χ0n) is 22.2. The number of phenolic OH excluding ortho intramolecular Hbond substituents is 1. The van der Waals surface area contributed by atoms with Crippen molar-refractivity contribution < 1.29 is 36.2 Å². The molecule has 0 saturated heterocycles. The molecule has 1 N–H and O–H groups in total. The molecule has 0 bridgehead atoms. The molecule has 0 saturated carbocycles. The summed E-state index contributed by atoms with van der Waals surface area (Å²) in [4.78, 5) is 0. The molecular weight excluding hydrogens is 518 g/mol. The number of aryl methyl sites for hydroxylation is 2. The van der Waals surface area contributed by atoms with Gasteiger partial charge >= 0.3 is 6.11 Å². The Labute approximate surface area is 225 Å². The molecule has 0 amide bonds. The molecular formula is C31H34F6O2. The summed E-state index contributed by atoms with van der Waals surface area (Å²) in [5, 5.41) is 10.2. The first-order valence-corrected chi connectivity index (χ1v) is 13.4. The number of hydrogen-bond acceptors (Lipinski definition) is 2. The van der Waals surface area contributed by atoms with Gasteiger partial charge in [-0.15, -0.1) is 0 Å². The smallest absolute Gasteiger partial charge is 0.432 e. The molecule has 0 unspecified atom stereocenters. The molecule has 0 spiro atoms. The lowest BCUT2D eigenvalue weighted by Crippen LogP contribution is -2.25. The highest BCUT2D eigenvalue weighted by Crippen LogP contribution is 2.43. The Morgan fingerprint density at radius 2 is 1.33 bits per heavy atom. The first-order chi connectivity index (χ1) is 18.6. The van der Waals surface area contributed by atoms with E-state index in [9.17, 15) is 18.3 Å². The lowest BCUT2D eigenvalue weighted by Gasteiger charge is -2.21. The second kappa shape index (κ2) is 13.8.